The van der Waals surface area contributed by atoms with Crippen molar-refractivity contribution in [2.45, 2.75) is 33.0 Å². The van der Waals surface area contributed by atoms with Gasteiger partial charge in [0.05, 0.1) is 23.8 Å². The zero-order chi connectivity index (χ0) is 16.5. The van der Waals surface area contributed by atoms with Crippen molar-refractivity contribution in [3.8, 4) is 0 Å². The number of aryl methyl sites for hydroxylation is 2. The molecule has 0 radical (unpaired) electrons. The molecule has 0 unspecified atom stereocenters. The van der Waals surface area contributed by atoms with E-state index in [1.165, 1.54) is 17.0 Å². The Morgan fingerprint density at radius 3 is 2.58 bits per heavy atom. The molecular formula is C19H23N5. The van der Waals surface area contributed by atoms with Gasteiger partial charge in [0.1, 0.15) is 0 Å². The third-order valence-electron chi connectivity index (χ3n) is 4.71. The molecule has 0 N–H and O–H groups in total. The molecule has 0 spiro atoms. The molecule has 0 bridgehead atoms. The maximum Gasteiger partial charge on any atom is 0.0951 e. The first-order valence-electron chi connectivity index (χ1n) is 8.47. The second-order valence-electron chi connectivity index (χ2n) is 6.72. The van der Waals surface area contributed by atoms with Crippen LogP contribution in [0.25, 0.3) is 0 Å². The predicted octanol–water partition coefficient (Wildman–Crippen LogP) is 2.80. The largest absolute Gasteiger partial charge is 0.329 e. The molecule has 4 rings (SSSR count). The quantitative estimate of drug-likeness (QED) is 0.725. The molecule has 0 saturated carbocycles. The van der Waals surface area contributed by atoms with Crippen LogP contribution < -0.4 is 0 Å². The van der Waals surface area contributed by atoms with Gasteiger partial charge in [0.2, 0.25) is 0 Å². The molecule has 5 heteroatoms. The van der Waals surface area contributed by atoms with Gasteiger partial charge in [-0.15, -0.1) is 0 Å². The van der Waals surface area contributed by atoms with Gasteiger partial charge < -0.3 is 4.57 Å². The fourth-order valence-electron chi connectivity index (χ4n) is 3.47. The van der Waals surface area contributed by atoms with Gasteiger partial charge >= 0.3 is 0 Å². The van der Waals surface area contributed by atoms with Gasteiger partial charge in [-0.25, -0.2) is 4.98 Å². The molecule has 1 aromatic carbocycles. The summed E-state index contributed by atoms with van der Waals surface area (Å²) in [5, 5.41) is 4.61. The Hall–Kier alpha value is -2.40. The summed E-state index contributed by atoms with van der Waals surface area (Å²) in [6.07, 6.45) is 3.92. The zero-order valence-corrected chi connectivity index (χ0v) is 14.3. The first-order valence-corrected chi connectivity index (χ1v) is 8.47. The SMILES string of the molecule is Cc1cc(C)n(C2CN(Cc3cncn3Cc3ccccc3)C2)n1. The maximum absolute atomic E-state index is 4.61. The third kappa shape index (κ3) is 2.99. The summed E-state index contributed by atoms with van der Waals surface area (Å²) in [6, 6.07) is 13.2. The molecule has 124 valence electrons. The fraction of sp³-hybridized carbons (Fsp3) is 0.368. The summed E-state index contributed by atoms with van der Waals surface area (Å²) in [7, 11) is 0. The first-order chi connectivity index (χ1) is 11.7. The standard InChI is InChI=1S/C19H23N5/c1-15-8-16(2)24(21-15)19-12-22(13-19)11-18-9-20-14-23(18)10-17-6-4-3-5-7-17/h3-9,14,19H,10-13H2,1-2H3. The van der Waals surface area contributed by atoms with E-state index in [1.54, 1.807) is 0 Å². The van der Waals surface area contributed by atoms with Crippen LogP contribution >= 0.6 is 0 Å². The van der Waals surface area contributed by atoms with Gasteiger partial charge in [-0.1, -0.05) is 30.3 Å². The maximum atomic E-state index is 4.61. The Labute approximate surface area is 142 Å². The lowest BCUT2D eigenvalue weighted by Crippen LogP contribution is -2.47. The summed E-state index contributed by atoms with van der Waals surface area (Å²) < 4.78 is 4.42. The molecule has 0 aliphatic carbocycles. The minimum atomic E-state index is 0.504. The van der Waals surface area contributed by atoms with Crippen molar-refractivity contribution in [1.82, 2.24) is 24.2 Å². The number of benzene rings is 1. The number of likely N-dealkylation sites (tertiary alicyclic amines) is 1. The highest BCUT2D eigenvalue weighted by atomic mass is 15.4. The fourth-order valence-corrected chi connectivity index (χ4v) is 3.47. The number of hydrogen-bond donors (Lipinski definition) is 0. The molecule has 0 amide bonds. The summed E-state index contributed by atoms with van der Waals surface area (Å²) in [5.41, 5.74) is 4.93. The summed E-state index contributed by atoms with van der Waals surface area (Å²) in [4.78, 5) is 6.80. The van der Waals surface area contributed by atoms with Crippen LogP contribution in [-0.2, 0) is 13.1 Å². The Kier molecular flexibility index (Phi) is 3.94. The van der Waals surface area contributed by atoms with Crippen LogP contribution in [0.5, 0.6) is 0 Å². The van der Waals surface area contributed by atoms with Crippen LogP contribution in [0.3, 0.4) is 0 Å². The lowest BCUT2D eigenvalue weighted by molar-refractivity contribution is 0.0869. The van der Waals surface area contributed by atoms with Crippen molar-refractivity contribution in [3.63, 3.8) is 0 Å². The first kappa shape index (κ1) is 15.1. The average Bonchev–Trinajstić information content (AvgIpc) is 3.10. The minimum absolute atomic E-state index is 0.504. The Balaban J connectivity index is 1.38. The molecule has 24 heavy (non-hydrogen) atoms. The van der Waals surface area contributed by atoms with Gasteiger partial charge in [0.25, 0.3) is 0 Å². The van der Waals surface area contributed by atoms with Crippen molar-refractivity contribution < 1.29 is 0 Å². The van der Waals surface area contributed by atoms with Crippen LogP contribution in [0.15, 0.2) is 48.9 Å². The summed E-state index contributed by atoms with van der Waals surface area (Å²) >= 11 is 0. The molecule has 3 aromatic rings. The minimum Gasteiger partial charge on any atom is -0.329 e. The Bertz CT molecular complexity index is 811. The molecule has 1 aliphatic heterocycles. The molecule has 5 nitrogen and oxygen atoms in total. The van der Waals surface area contributed by atoms with Crippen molar-refractivity contribution >= 4 is 0 Å². The van der Waals surface area contributed by atoms with Crippen molar-refractivity contribution in [2.24, 2.45) is 0 Å². The van der Waals surface area contributed by atoms with Gasteiger partial charge in [0, 0.05) is 38.1 Å². The second-order valence-corrected chi connectivity index (χ2v) is 6.72. The topological polar surface area (TPSA) is 38.9 Å². The van der Waals surface area contributed by atoms with Gasteiger partial charge in [-0.05, 0) is 25.5 Å². The van der Waals surface area contributed by atoms with E-state index in [4.69, 9.17) is 0 Å². The molecule has 3 heterocycles. The number of rotatable bonds is 5. The van der Waals surface area contributed by atoms with Gasteiger partial charge in [-0.2, -0.15) is 5.10 Å². The summed E-state index contributed by atoms with van der Waals surface area (Å²) in [5.74, 6) is 0. The van der Waals surface area contributed by atoms with E-state index in [0.29, 0.717) is 6.04 Å². The summed E-state index contributed by atoms with van der Waals surface area (Å²) in [6.45, 7) is 8.13. The molecule has 1 aliphatic rings. The highest BCUT2D eigenvalue weighted by Crippen LogP contribution is 2.24. The number of imidazole rings is 1. The lowest BCUT2D eigenvalue weighted by Gasteiger charge is -2.39. The monoisotopic (exact) mass is 321 g/mol. The lowest BCUT2D eigenvalue weighted by atomic mass is 10.1. The number of nitrogens with zero attached hydrogens (tertiary/aromatic N) is 5. The zero-order valence-electron chi connectivity index (χ0n) is 14.3. The van der Waals surface area contributed by atoms with E-state index < -0.39 is 0 Å². The van der Waals surface area contributed by atoms with E-state index in [9.17, 15) is 0 Å². The van der Waals surface area contributed by atoms with E-state index in [1.807, 2.05) is 12.5 Å². The van der Waals surface area contributed by atoms with Crippen molar-refractivity contribution in [2.75, 3.05) is 13.1 Å². The normalized spacial score (nSPS) is 15.6. The van der Waals surface area contributed by atoms with Gasteiger partial charge in [0.15, 0.2) is 0 Å². The van der Waals surface area contributed by atoms with Gasteiger partial charge in [-0.3, -0.25) is 9.58 Å². The Morgan fingerprint density at radius 2 is 1.88 bits per heavy atom. The molecule has 2 aromatic heterocycles. The van der Waals surface area contributed by atoms with Crippen LogP contribution in [0, 0.1) is 13.8 Å². The van der Waals surface area contributed by atoms with E-state index in [0.717, 1.165) is 31.9 Å². The van der Waals surface area contributed by atoms with Crippen LogP contribution in [0.1, 0.15) is 28.7 Å². The highest BCUT2D eigenvalue weighted by Gasteiger charge is 2.30. The van der Waals surface area contributed by atoms with E-state index in [2.05, 4.69) is 74.5 Å². The Morgan fingerprint density at radius 1 is 1.08 bits per heavy atom. The average molecular weight is 321 g/mol. The third-order valence-corrected chi connectivity index (χ3v) is 4.71. The molecule has 1 fully saturated rings. The van der Waals surface area contributed by atoms with Crippen molar-refractivity contribution in [1.29, 1.82) is 0 Å². The van der Waals surface area contributed by atoms with Crippen LogP contribution in [0.4, 0.5) is 0 Å². The molecule has 1 saturated heterocycles. The van der Waals surface area contributed by atoms with E-state index in [-0.39, 0.29) is 0 Å². The van der Waals surface area contributed by atoms with Crippen LogP contribution in [-0.4, -0.2) is 37.3 Å². The number of hydrogen-bond acceptors (Lipinski definition) is 3. The molecule has 0 atom stereocenters. The van der Waals surface area contributed by atoms with Crippen molar-refractivity contribution in [3.05, 3.63) is 71.6 Å². The highest BCUT2D eigenvalue weighted by molar-refractivity contribution is 5.16. The smallest absolute Gasteiger partial charge is 0.0951 e. The number of aromatic nitrogens is 4. The molecular weight excluding hydrogens is 298 g/mol. The van der Waals surface area contributed by atoms with E-state index >= 15 is 0 Å². The second kappa shape index (κ2) is 6.24. The predicted molar refractivity (Wildman–Crippen MR) is 93.8 cm³/mol. The van der Waals surface area contributed by atoms with Crippen LogP contribution in [0.2, 0.25) is 0 Å².